The number of alkyl halides is 3. The van der Waals surface area contributed by atoms with E-state index in [-0.39, 0.29) is 18.1 Å². The number of carbonyl (C=O) groups is 1. The van der Waals surface area contributed by atoms with Crippen molar-refractivity contribution >= 4 is 11.7 Å². The summed E-state index contributed by atoms with van der Waals surface area (Å²) in [4.78, 5) is 13.6. The molecule has 1 atom stereocenters. The molecule has 2 heterocycles. The topological polar surface area (TPSA) is 71.3 Å². The zero-order valence-corrected chi connectivity index (χ0v) is 12.9. The first-order chi connectivity index (χ1) is 11.8. The predicted octanol–water partition coefficient (Wildman–Crippen LogP) is 3.64. The van der Waals surface area contributed by atoms with Crippen LogP contribution >= 0.6 is 0 Å². The molecule has 0 radical (unpaired) electrons. The molecule has 0 aliphatic carbocycles. The molecule has 2 aromatic rings. The molecule has 10 heteroatoms. The number of piperidine rings is 1. The van der Waals surface area contributed by atoms with Gasteiger partial charge in [0.15, 0.2) is 0 Å². The van der Waals surface area contributed by atoms with Gasteiger partial charge in [-0.2, -0.15) is 13.2 Å². The average molecular weight is 358 g/mol. The minimum absolute atomic E-state index is 0.0340. The minimum Gasteiger partial charge on any atom is -0.417 e. The molecule has 1 aliphatic rings. The van der Waals surface area contributed by atoms with Crippen molar-refractivity contribution in [3.63, 3.8) is 0 Å². The third-order valence-electron chi connectivity index (χ3n) is 3.86. The number of aromatic nitrogens is 2. The summed E-state index contributed by atoms with van der Waals surface area (Å²) in [5.41, 5.74) is 0.0340. The fraction of sp³-hybridized carbons (Fsp3) is 0.400. The number of halogens is 4. The molecule has 1 fully saturated rings. The average Bonchev–Trinajstić information content (AvgIpc) is 3.07. The lowest BCUT2D eigenvalue weighted by Crippen LogP contribution is -2.41. The van der Waals surface area contributed by atoms with Crippen LogP contribution in [0, 0.1) is 5.82 Å². The Kier molecular flexibility index (Phi) is 4.60. The zero-order valence-electron chi connectivity index (χ0n) is 12.9. The SMILES string of the molecule is O=C(Nc1ccccc1F)N1CCC[C@@H](c2nnc(C(F)(F)F)o2)C1. The van der Waals surface area contributed by atoms with Gasteiger partial charge in [-0.3, -0.25) is 0 Å². The Morgan fingerprint density at radius 2 is 2.04 bits per heavy atom. The van der Waals surface area contributed by atoms with Gasteiger partial charge >= 0.3 is 18.1 Å². The molecule has 0 bridgehead atoms. The Balaban J connectivity index is 1.67. The predicted molar refractivity (Wildman–Crippen MR) is 78.3 cm³/mol. The summed E-state index contributed by atoms with van der Waals surface area (Å²) in [5.74, 6) is -2.63. The standard InChI is InChI=1S/C15H14F4N4O2/c16-10-5-1-2-6-11(10)20-14(24)23-7-3-4-9(8-23)12-21-22-13(25-12)15(17,18)19/h1-2,5-6,9H,3-4,7-8H2,(H,20,24)/t9-/m1/s1. The van der Waals surface area contributed by atoms with Gasteiger partial charge in [-0.25, -0.2) is 9.18 Å². The van der Waals surface area contributed by atoms with E-state index < -0.39 is 29.8 Å². The van der Waals surface area contributed by atoms with E-state index in [0.29, 0.717) is 19.4 Å². The third-order valence-corrected chi connectivity index (χ3v) is 3.86. The Morgan fingerprint density at radius 3 is 2.72 bits per heavy atom. The van der Waals surface area contributed by atoms with Crippen LogP contribution in [0.25, 0.3) is 0 Å². The maximum Gasteiger partial charge on any atom is 0.470 e. The summed E-state index contributed by atoms with van der Waals surface area (Å²) < 4.78 is 55.9. The maximum absolute atomic E-state index is 13.6. The Labute approximate surface area is 139 Å². The van der Waals surface area contributed by atoms with Gasteiger partial charge in [0.05, 0.1) is 11.6 Å². The normalized spacial score (nSPS) is 18.2. The number of para-hydroxylation sites is 1. The van der Waals surface area contributed by atoms with Crippen LogP contribution in [0.1, 0.15) is 30.5 Å². The molecular formula is C15H14F4N4O2. The second kappa shape index (κ2) is 6.69. The highest BCUT2D eigenvalue weighted by Crippen LogP contribution is 2.32. The number of anilines is 1. The monoisotopic (exact) mass is 358 g/mol. The molecule has 1 aromatic carbocycles. The van der Waals surface area contributed by atoms with E-state index in [2.05, 4.69) is 19.9 Å². The number of hydrogen-bond donors (Lipinski definition) is 1. The van der Waals surface area contributed by atoms with Crippen LogP contribution in [0.5, 0.6) is 0 Å². The van der Waals surface area contributed by atoms with E-state index in [9.17, 15) is 22.4 Å². The summed E-state index contributed by atoms with van der Waals surface area (Å²) in [7, 11) is 0. The molecule has 6 nitrogen and oxygen atoms in total. The van der Waals surface area contributed by atoms with E-state index in [1.807, 2.05) is 0 Å². The van der Waals surface area contributed by atoms with Crippen LogP contribution in [0.2, 0.25) is 0 Å². The van der Waals surface area contributed by atoms with Crippen molar-refractivity contribution < 1.29 is 26.8 Å². The summed E-state index contributed by atoms with van der Waals surface area (Å²) in [6.45, 7) is 0.511. The summed E-state index contributed by atoms with van der Waals surface area (Å²) in [6.07, 6.45) is -3.64. The summed E-state index contributed by atoms with van der Waals surface area (Å²) in [6, 6.07) is 5.17. The number of hydrogen-bond acceptors (Lipinski definition) is 4. The molecule has 3 rings (SSSR count). The smallest absolute Gasteiger partial charge is 0.417 e. The van der Waals surface area contributed by atoms with Gasteiger partial charge in [0.1, 0.15) is 5.82 Å². The second-order valence-corrected chi connectivity index (χ2v) is 5.64. The fourth-order valence-electron chi connectivity index (χ4n) is 2.63. The molecule has 1 saturated heterocycles. The number of benzene rings is 1. The van der Waals surface area contributed by atoms with Crippen LogP contribution in [-0.2, 0) is 6.18 Å². The van der Waals surface area contributed by atoms with Gasteiger partial charge in [-0.05, 0) is 25.0 Å². The number of likely N-dealkylation sites (tertiary alicyclic amines) is 1. The van der Waals surface area contributed by atoms with Gasteiger partial charge in [0, 0.05) is 13.1 Å². The highest BCUT2D eigenvalue weighted by molar-refractivity contribution is 5.89. The van der Waals surface area contributed by atoms with Crippen LogP contribution in [0.15, 0.2) is 28.7 Å². The van der Waals surface area contributed by atoms with Crippen LogP contribution in [-0.4, -0.2) is 34.2 Å². The Morgan fingerprint density at radius 1 is 1.28 bits per heavy atom. The van der Waals surface area contributed by atoms with Gasteiger partial charge in [-0.15, -0.1) is 10.2 Å². The first-order valence-electron chi connectivity index (χ1n) is 7.55. The van der Waals surface area contributed by atoms with Gasteiger partial charge in [-0.1, -0.05) is 12.1 Å². The summed E-state index contributed by atoms with van der Waals surface area (Å²) in [5, 5.41) is 8.89. The highest BCUT2D eigenvalue weighted by atomic mass is 19.4. The molecule has 0 saturated carbocycles. The van der Waals surface area contributed by atoms with Crippen molar-refractivity contribution in [1.82, 2.24) is 15.1 Å². The lowest BCUT2D eigenvalue weighted by atomic mass is 9.98. The minimum atomic E-state index is -4.71. The number of nitrogens with zero attached hydrogens (tertiary/aromatic N) is 3. The molecule has 0 spiro atoms. The number of rotatable bonds is 2. The van der Waals surface area contributed by atoms with Crippen LogP contribution in [0.3, 0.4) is 0 Å². The molecular weight excluding hydrogens is 344 g/mol. The molecule has 1 N–H and O–H groups in total. The van der Waals surface area contributed by atoms with Crippen molar-refractivity contribution in [3.05, 3.63) is 41.9 Å². The molecule has 25 heavy (non-hydrogen) atoms. The molecule has 1 aliphatic heterocycles. The Hall–Kier alpha value is -2.65. The number of carbonyl (C=O) groups excluding carboxylic acids is 1. The first kappa shape index (κ1) is 17.2. The van der Waals surface area contributed by atoms with Gasteiger partial charge in [0.2, 0.25) is 5.89 Å². The summed E-state index contributed by atoms with van der Waals surface area (Å²) >= 11 is 0. The lowest BCUT2D eigenvalue weighted by Gasteiger charge is -2.31. The van der Waals surface area contributed by atoms with E-state index in [1.165, 1.54) is 23.1 Å². The van der Waals surface area contributed by atoms with Gasteiger partial charge < -0.3 is 14.6 Å². The number of amides is 2. The van der Waals surface area contributed by atoms with Crippen molar-refractivity contribution in [2.75, 3.05) is 18.4 Å². The van der Waals surface area contributed by atoms with Crippen LogP contribution in [0.4, 0.5) is 28.0 Å². The van der Waals surface area contributed by atoms with E-state index >= 15 is 0 Å². The molecule has 0 unspecified atom stereocenters. The first-order valence-corrected chi connectivity index (χ1v) is 7.55. The molecule has 134 valence electrons. The largest absolute Gasteiger partial charge is 0.470 e. The lowest BCUT2D eigenvalue weighted by molar-refractivity contribution is -0.157. The molecule has 2 amide bonds. The third kappa shape index (κ3) is 3.89. The number of urea groups is 1. The van der Waals surface area contributed by atoms with Crippen LogP contribution < -0.4 is 5.32 Å². The zero-order chi connectivity index (χ0) is 18.0. The van der Waals surface area contributed by atoms with E-state index in [0.717, 1.165) is 0 Å². The van der Waals surface area contributed by atoms with Crippen molar-refractivity contribution in [3.8, 4) is 0 Å². The Bertz CT molecular complexity index is 762. The van der Waals surface area contributed by atoms with Crippen molar-refractivity contribution in [1.29, 1.82) is 0 Å². The van der Waals surface area contributed by atoms with Gasteiger partial charge in [0.25, 0.3) is 0 Å². The quantitative estimate of drug-likeness (QED) is 0.832. The number of nitrogens with one attached hydrogen (secondary N) is 1. The van der Waals surface area contributed by atoms with Crippen molar-refractivity contribution in [2.24, 2.45) is 0 Å². The second-order valence-electron chi connectivity index (χ2n) is 5.64. The maximum atomic E-state index is 13.6. The highest BCUT2D eigenvalue weighted by Gasteiger charge is 2.39. The van der Waals surface area contributed by atoms with Crippen molar-refractivity contribution in [2.45, 2.75) is 24.9 Å². The molecule has 1 aromatic heterocycles. The fourth-order valence-corrected chi connectivity index (χ4v) is 2.63. The van der Waals surface area contributed by atoms with E-state index in [4.69, 9.17) is 0 Å². The van der Waals surface area contributed by atoms with E-state index in [1.54, 1.807) is 6.07 Å².